The second-order valence-corrected chi connectivity index (χ2v) is 5.85. The number of aromatic nitrogens is 1. The molecule has 1 aliphatic heterocycles. The van der Waals surface area contributed by atoms with Crippen LogP contribution in [0.5, 0.6) is 0 Å². The van der Waals surface area contributed by atoms with Crippen LogP contribution in [0.2, 0.25) is 0 Å². The van der Waals surface area contributed by atoms with E-state index in [0.717, 1.165) is 43.8 Å². The molecule has 1 fully saturated rings. The van der Waals surface area contributed by atoms with E-state index in [-0.39, 0.29) is 5.91 Å². The number of hydrogen-bond donors (Lipinski definition) is 1. The lowest BCUT2D eigenvalue weighted by molar-refractivity contribution is -0.132. The molecule has 0 saturated carbocycles. The van der Waals surface area contributed by atoms with E-state index in [1.165, 1.54) is 10.9 Å². The van der Waals surface area contributed by atoms with Gasteiger partial charge in [-0.1, -0.05) is 18.6 Å². The number of hydrogen-bond acceptors (Lipinski definition) is 2. The number of rotatable bonds is 3. The predicted octanol–water partition coefficient (Wildman–Crippen LogP) is 2.18. The lowest BCUT2D eigenvalue weighted by atomic mass is 10.1. The Morgan fingerprint density at radius 1 is 1.24 bits per heavy atom. The van der Waals surface area contributed by atoms with E-state index in [9.17, 15) is 4.79 Å². The molecule has 1 saturated heterocycles. The van der Waals surface area contributed by atoms with Crippen molar-refractivity contribution in [3.8, 4) is 0 Å². The highest BCUT2D eigenvalue weighted by atomic mass is 16.2. The van der Waals surface area contributed by atoms with Crippen molar-refractivity contribution in [3.63, 3.8) is 0 Å². The first kappa shape index (κ1) is 14.1. The minimum Gasteiger partial charge on any atom is -0.361 e. The van der Waals surface area contributed by atoms with Crippen LogP contribution < -0.4 is 0 Å². The molecule has 4 nitrogen and oxygen atoms in total. The van der Waals surface area contributed by atoms with Crippen LogP contribution in [-0.2, 0) is 11.2 Å². The molecule has 2 aromatic rings. The SMILES string of the molecule is CCN1CCN(C(=O)Cc2c[nH]c3ccc(C)cc23)CC1. The first-order valence-electron chi connectivity index (χ1n) is 7.74. The number of nitrogens with one attached hydrogen (secondary N) is 1. The van der Waals surface area contributed by atoms with Crippen molar-refractivity contribution in [2.45, 2.75) is 20.3 Å². The number of aryl methyl sites for hydroxylation is 1. The minimum absolute atomic E-state index is 0.244. The standard InChI is InChI=1S/C17H23N3O/c1-3-19-6-8-20(9-7-19)17(21)11-14-12-18-16-5-4-13(2)10-15(14)16/h4-5,10,12,18H,3,6-9,11H2,1-2H3. The topological polar surface area (TPSA) is 39.3 Å². The molecular weight excluding hydrogens is 262 g/mol. The van der Waals surface area contributed by atoms with E-state index in [2.05, 4.69) is 41.9 Å². The molecule has 0 radical (unpaired) electrons. The molecule has 0 spiro atoms. The zero-order valence-electron chi connectivity index (χ0n) is 12.9. The third-order valence-corrected chi connectivity index (χ3v) is 4.44. The summed E-state index contributed by atoms with van der Waals surface area (Å²) >= 11 is 0. The number of carbonyl (C=O) groups is 1. The van der Waals surface area contributed by atoms with Crippen molar-refractivity contribution in [3.05, 3.63) is 35.5 Å². The molecule has 4 heteroatoms. The molecule has 1 amide bonds. The van der Waals surface area contributed by atoms with Crippen LogP contribution in [-0.4, -0.2) is 53.4 Å². The van der Waals surface area contributed by atoms with E-state index in [4.69, 9.17) is 0 Å². The van der Waals surface area contributed by atoms with Gasteiger partial charge in [0.05, 0.1) is 6.42 Å². The maximum Gasteiger partial charge on any atom is 0.227 e. The summed E-state index contributed by atoms with van der Waals surface area (Å²) in [5, 5.41) is 1.18. The maximum absolute atomic E-state index is 12.5. The molecule has 0 unspecified atom stereocenters. The largest absolute Gasteiger partial charge is 0.361 e. The summed E-state index contributed by atoms with van der Waals surface area (Å²) in [6, 6.07) is 6.33. The first-order valence-corrected chi connectivity index (χ1v) is 7.74. The van der Waals surface area contributed by atoms with Crippen molar-refractivity contribution in [2.75, 3.05) is 32.7 Å². The Morgan fingerprint density at radius 2 is 2.00 bits per heavy atom. The van der Waals surface area contributed by atoms with Gasteiger partial charge < -0.3 is 14.8 Å². The second kappa shape index (κ2) is 5.90. The van der Waals surface area contributed by atoms with Crippen LogP contribution in [0.3, 0.4) is 0 Å². The molecule has 112 valence electrons. The monoisotopic (exact) mass is 285 g/mol. The molecule has 1 N–H and O–H groups in total. The van der Waals surface area contributed by atoms with E-state index >= 15 is 0 Å². The lowest BCUT2D eigenvalue weighted by Crippen LogP contribution is -2.48. The predicted molar refractivity (Wildman–Crippen MR) is 85.4 cm³/mol. The third-order valence-electron chi connectivity index (χ3n) is 4.44. The number of amides is 1. The third kappa shape index (κ3) is 2.95. The van der Waals surface area contributed by atoms with Crippen molar-refractivity contribution < 1.29 is 4.79 Å². The van der Waals surface area contributed by atoms with Gasteiger partial charge in [0.1, 0.15) is 0 Å². The second-order valence-electron chi connectivity index (χ2n) is 5.85. The van der Waals surface area contributed by atoms with Crippen molar-refractivity contribution >= 4 is 16.8 Å². The normalized spacial score (nSPS) is 16.6. The summed E-state index contributed by atoms with van der Waals surface area (Å²) in [6.07, 6.45) is 2.47. The molecule has 1 aromatic carbocycles. The fraction of sp³-hybridized carbons (Fsp3) is 0.471. The zero-order chi connectivity index (χ0) is 14.8. The van der Waals surface area contributed by atoms with Gasteiger partial charge in [-0.2, -0.15) is 0 Å². The molecule has 1 aromatic heterocycles. The smallest absolute Gasteiger partial charge is 0.227 e. The summed E-state index contributed by atoms with van der Waals surface area (Å²) in [6.45, 7) is 9.03. The van der Waals surface area contributed by atoms with Gasteiger partial charge in [-0.15, -0.1) is 0 Å². The highest BCUT2D eigenvalue weighted by Crippen LogP contribution is 2.20. The van der Waals surface area contributed by atoms with Gasteiger partial charge in [0, 0.05) is 43.3 Å². The van der Waals surface area contributed by atoms with E-state index in [1.54, 1.807) is 0 Å². The molecule has 0 bridgehead atoms. The summed E-state index contributed by atoms with van der Waals surface area (Å²) in [7, 11) is 0. The summed E-state index contributed by atoms with van der Waals surface area (Å²) in [5.41, 5.74) is 3.45. The summed E-state index contributed by atoms with van der Waals surface area (Å²) in [5.74, 6) is 0.244. The van der Waals surface area contributed by atoms with Crippen molar-refractivity contribution in [1.82, 2.24) is 14.8 Å². The molecule has 0 atom stereocenters. The Kier molecular flexibility index (Phi) is 3.97. The molecule has 0 aliphatic carbocycles. The zero-order valence-corrected chi connectivity index (χ0v) is 12.9. The van der Waals surface area contributed by atoms with E-state index in [0.29, 0.717) is 6.42 Å². The van der Waals surface area contributed by atoms with E-state index < -0.39 is 0 Å². The van der Waals surface area contributed by atoms with Gasteiger partial charge in [-0.05, 0) is 31.2 Å². The number of H-pyrrole nitrogens is 1. The van der Waals surface area contributed by atoms with Crippen LogP contribution in [0.15, 0.2) is 24.4 Å². The molecule has 1 aliphatic rings. The van der Waals surface area contributed by atoms with Crippen LogP contribution in [0.4, 0.5) is 0 Å². The number of fused-ring (bicyclic) bond motifs is 1. The van der Waals surface area contributed by atoms with Crippen molar-refractivity contribution in [1.29, 1.82) is 0 Å². The number of piperazine rings is 1. The minimum atomic E-state index is 0.244. The van der Waals surface area contributed by atoms with Crippen LogP contribution in [0.25, 0.3) is 10.9 Å². The highest BCUT2D eigenvalue weighted by molar-refractivity contribution is 5.89. The summed E-state index contributed by atoms with van der Waals surface area (Å²) < 4.78 is 0. The highest BCUT2D eigenvalue weighted by Gasteiger charge is 2.21. The average molecular weight is 285 g/mol. The molecule has 3 rings (SSSR count). The maximum atomic E-state index is 12.5. The van der Waals surface area contributed by atoms with Crippen LogP contribution in [0.1, 0.15) is 18.1 Å². The van der Waals surface area contributed by atoms with Crippen LogP contribution in [0, 0.1) is 6.92 Å². The molecule has 21 heavy (non-hydrogen) atoms. The molecule has 2 heterocycles. The molecular formula is C17H23N3O. The van der Waals surface area contributed by atoms with Gasteiger partial charge in [0.25, 0.3) is 0 Å². The van der Waals surface area contributed by atoms with Gasteiger partial charge in [0.2, 0.25) is 5.91 Å². The fourth-order valence-electron chi connectivity index (χ4n) is 3.03. The van der Waals surface area contributed by atoms with Gasteiger partial charge >= 0.3 is 0 Å². The van der Waals surface area contributed by atoms with Gasteiger partial charge in [0.15, 0.2) is 0 Å². The van der Waals surface area contributed by atoms with Crippen LogP contribution >= 0.6 is 0 Å². The number of nitrogens with zero attached hydrogens (tertiary/aromatic N) is 2. The number of aromatic amines is 1. The van der Waals surface area contributed by atoms with Gasteiger partial charge in [-0.3, -0.25) is 4.79 Å². The first-order chi connectivity index (χ1) is 10.2. The Hall–Kier alpha value is -1.81. The number of benzene rings is 1. The Balaban J connectivity index is 1.70. The van der Waals surface area contributed by atoms with Gasteiger partial charge in [-0.25, -0.2) is 0 Å². The van der Waals surface area contributed by atoms with E-state index in [1.807, 2.05) is 11.1 Å². The Bertz CT molecular complexity index is 639. The number of likely N-dealkylation sites (N-methyl/N-ethyl adjacent to an activating group) is 1. The van der Waals surface area contributed by atoms with Crippen molar-refractivity contribution in [2.24, 2.45) is 0 Å². The average Bonchev–Trinajstić information content (AvgIpc) is 2.89. The number of carbonyl (C=O) groups excluding carboxylic acids is 1. The Morgan fingerprint density at radius 3 is 2.71 bits per heavy atom. The lowest BCUT2D eigenvalue weighted by Gasteiger charge is -2.34. The quantitative estimate of drug-likeness (QED) is 0.939. The summed E-state index contributed by atoms with van der Waals surface area (Å²) in [4.78, 5) is 20.1. The Labute approximate surface area is 125 Å². The fourth-order valence-corrected chi connectivity index (χ4v) is 3.03.